The Kier molecular flexibility index (Phi) is 5.59. The van der Waals surface area contributed by atoms with Crippen molar-refractivity contribution in [1.29, 1.82) is 0 Å². The normalized spacial score (nSPS) is 13.2. The number of carbonyl (C=O) groups is 2. The molecule has 1 heterocycles. The monoisotopic (exact) mass is 414 g/mol. The summed E-state index contributed by atoms with van der Waals surface area (Å²) in [5.74, 6) is -0.167. The first-order valence-corrected chi connectivity index (χ1v) is 10.7. The standard InChI is InChI=1S/C26H26N2O3/c1-16(2)18-11-13-19(14-12-18)28-23-9-6-10-24(29)20(23)15-21(26(28)31)25(30)27-22-8-5-4-7-17(22)3/h4-5,7-8,11-16H,6,9-10H2,1-3H3,(H,27,30). The van der Waals surface area contributed by atoms with Gasteiger partial charge in [0.05, 0.1) is 0 Å². The second-order valence-electron chi connectivity index (χ2n) is 8.35. The molecular formula is C26H26N2O3. The highest BCUT2D eigenvalue weighted by Crippen LogP contribution is 2.25. The molecule has 1 amide bonds. The van der Waals surface area contributed by atoms with Crippen LogP contribution in [-0.2, 0) is 6.42 Å². The minimum absolute atomic E-state index is 0.0230. The van der Waals surface area contributed by atoms with Crippen LogP contribution in [0.2, 0.25) is 0 Å². The molecule has 0 saturated carbocycles. The van der Waals surface area contributed by atoms with E-state index in [-0.39, 0.29) is 11.3 Å². The Labute approximate surface area is 181 Å². The van der Waals surface area contributed by atoms with E-state index >= 15 is 0 Å². The van der Waals surface area contributed by atoms with Crippen LogP contribution >= 0.6 is 0 Å². The van der Waals surface area contributed by atoms with Crippen molar-refractivity contribution in [2.24, 2.45) is 0 Å². The average Bonchev–Trinajstić information content (AvgIpc) is 2.75. The summed E-state index contributed by atoms with van der Waals surface area (Å²) >= 11 is 0. The summed E-state index contributed by atoms with van der Waals surface area (Å²) in [5.41, 5.74) is 4.10. The number of fused-ring (bicyclic) bond motifs is 1. The molecule has 0 saturated heterocycles. The van der Waals surface area contributed by atoms with Gasteiger partial charge in [0.2, 0.25) is 0 Å². The van der Waals surface area contributed by atoms with Gasteiger partial charge < -0.3 is 5.32 Å². The van der Waals surface area contributed by atoms with Gasteiger partial charge in [0.1, 0.15) is 5.56 Å². The predicted molar refractivity (Wildman–Crippen MR) is 123 cm³/mol. The highest BCUT2D eigenvalue weighted by molar-refractivity contribution is 6.07. The summed E-state index contributed by atoms with van der Waals surface area (Å²) in [4.78, 5) is 39.2. The molecule has 4 rings (SSSR count). The molecule has 1 aliphatic carbocycles. The van der Waals surface area contributed by atoms with Gasteiger partial charge in [0.15, 0.2) is 5.78 Å². The number of Topliss-reactive ketones (excluding diaryl/α,β-unsaturated/α-hetero) is 1. The molecule has 1 aliphatic rings. The predicted octanol–water partition coefficient (Wildman–Crippen LogP) is 5.04. The third kappa shape index (κ3) is 3.96. The lowest BCUT2D eigenvalue weighted by molar-refractivity contribution is 0.0971. The molecule has 0 fully saturated rings. The van der Waals surface area contributed by atoms with Gasteiger partial charge in [0, 0.05) is 29.1 Å². The van der Waals surface area contributed by atoms with Crippen LogP contribution in [0.25, 0.3) is 5.69 Å². The van der Waals surface area contributed by atoms with Crippen LogP contribution in [0, 0.1) is 6.92 Å². The molecule has 0 atom stereocenters. The quantitative estimate of drug-likeness (QED) is 0.650. The zero-order valence-electron chi connectivity index (χ0n) is 18.1. The third-order valence-electron chi connectivity index (χ3n) is 5.88. The van der Waals surface area contributed by atoms with Gasteiger partial charge in [-0.2, -0.15) is 0 Å². The Morgan fingerprint density at radius 3 is 2.39 bits per heavy atom. The van der Waals surface area contributed by atoms with Crippen molar-refractivity contribution in [2.75, 3.05) is 5.32 Å². The molecule has 5 nitrogen and oxygen atoms in total. The Morgan fingerprint density at radius 1 is 1.00 bits per heavy atom. The lowest BCUT2D eigenvalue weighted by Crippen LogP contribution is -2.33. The smallest absolute Gasteiger partial charge is 0.268 e. The number of carbonyl (C=O) groups excluding carboxylic acids is 2. The van der Waals surface area contributed by atoms with E-state index in [0.29, 0.717) is 47.8 Å². The summed E-state index contributed by atoms with van der Waals surface area (Å²) in [6.45, 7) is 6.11. The maximum Gasteiger partial charge on any atom is 0.268 e. The van der Waals surface area contributed by atoms with Crippen molar-refractivity contribution in [3.05, 3.63) is 92.9 Å². The van der Waals surface area contributed by atoms with Crippen molar-refractivity contribution >= 4 is 17.4 Å². The molecule has 0 radical (unpaired) electrons. The number of amides is 1. The lowest BCUT2D eigenvalue weighted by Gasteiger charge is -2.22. The lowest BCUT2D eigenvalue weighted by atomic mass is 9.92. The Balaban J connectivity index is 1.85. The molecule has 5 heteroatoms. The van der Waals surface area contributed by atoms with Crippen molar-refractivity contribution in [3.63, 3.8) is 0 Å². The van der Waals surface area contributed by atoms with Crippen molar-refractivity contribution in [3.8, 4) is 5.69 Å². The number of aryl methyl sites for hydroxylation is 1. The fourth-order valence-electron chi connectivity index (χ4n) is 4.04. The van der Waals surface area contributed by atoms with Crippen LogP contribution in [0.4, 0.5) is 5.69 Å². The molecule has 158 valence electrons. The van der Waals surface area contributed by atoms with E-state index in [9.17, 15) is 14.4 Å². The minimum Gasteiger partial charge on any atom is -0.322 e. The largest absolute Gasteiger partial charge is 0.322 e. The van der Waals surface area contributed by atoms with Gasteiger partial charge in [-0.05, 0) is 61.1 Å². The molecule has 0 bridgehead atoms. The topological polar surface area (TPSA) is 68.2 Å². The molecule has 1 N–H and O–H groups in total. The van der Waals surface area contributed by atoms with Crippen molar-refractivity contribution in [2.45, 2.75) is 46.0 Å². The highest BCUT2D eigenvalue weighted by atomic mass is 16.2. The Morgan fingerprint density at radius 2 is 1.71 bits per heavy atom. The first-order valence-electron chi connectivity index (χ1n) is 10.7. The molecule has 3 aromatic rings. The van der Waals surface area contributed by atoms with E-state index in [4.69, 9.17) is 0 Å². The number of rotatable bonds is 4. The summed E-state index contributed by atoms with van der Waals surface area (Å²) in [6, 6.07) is 16.6. The average molecular weight is 415 g/mol. The molecule has 1 aromatic heterocycles. The number of para-hydroxylation sites is 1. The third-order valence-corrected chi connectivity index (χ3v) is 5.88. The Bertz CT molecular complexity index is 1220. The van der Waals surface area contributed by atoms with E-state index in [0.717, 1.165) is 11.1 Å². The van der Waals surface area contributed by atoms with E-state index in [1.807, 2.05) is 49.4 Å². The first-order chi connectivity index (χ1) is 14.9. The summed E-state index contributed by atoms with van der Waals surface area (Å²) < 4.78 is 1.54. The maximum atomic E-state index is 13.5. The fourth-order valence-corrected chi connectivity index (χ4v) is 4.04. The number of benzene rings is 2. The van der Waals surface area contributed by atoms with E-state index in [2.05, 4.69) is 19.2 Å². The van der Waals surface area contributed by atoms with E-state index < -0.39 is 11.5 Å². The van der Waals surface area contributed by atoms with Gasteiger partial charge in [-0.15, -0.1) is 0 Å². The van der Waals surface area contributed by atoms with Gasteiger partial charge in [0.25, 0.3) is 11.5 Å². The van der Waals surface area contributed by atoms with Crippen LogP contribution in [-0.4, -0.2) is 16.3 Å². The number of ketones is 1. The number of pyridine rings is 1. The number of anilines is 1. The van der Waals surface area contributed by atoms with E-state index in [1.165, 1.54) is 6.07 Å². The number of hydrogen-bond acceptors (Lipinski definition) is 3. The molecule has 0 spiro atoms. The van der Waals surface area contributed by atoms with Crippen molar-refractivity contribution < 1.29 is 9.59 Å². The van der Waals surface area contributed by atoms with E-state index in [1.54, 1.807) is 10.6 Å². The molecule has 31 heavy (non-hydrogen) atoms. The first kappa shape index (κ1) is 20.8. The number of aromatic nitrogens is 1. The summed E-state index contributed by atoms with van der Waals surface area (Å²) in [7, 11) is 0. The zero-order chi connectivity index (χ0) is 22.1. The number of nitrogens with one attached hydrogen (secondary N) is 1. The zero-order valence-corrected chi connectivity index (χ0v) is 18.1. The van der Waals surface area contributed by atoms with Crippen LogP contribution in [0.3, 0.4) is 0 Å². The molecule has 0 unspecified atom stereocenters. The van der Waals surface area contributed by atoms with Crippen LogP contribution in [0.15, 0.2) is 59.4 Å². The Hall–Kier alpha value is -3.47. The second kappa shape index (κ2) is 8.34. The fraction of sp³-hybridized carbons (Fsp3) is 0.269. The second-order valence-corrected chi connectivity index (χ2v) is 8.35. The minimum atomic E-state index is -0.506. The molecule has 0 aliphatic heterocycles. The molecule has 2 aromatic carbocycles. The van der Waals surface area contributed by atoms with Gasteiger partial charge in [-0.1, -0.05) is 44.2 Å². The number of hydrogen-bond donors (Lipinski definition) is 1. The van der Waals surface area contributed by atoms with Gasteiger partial charge in [-0.25, -0.2) is 0 Å². The highest BCUT2D eigenvalue weighted by Gasteiger charge is 2.26. The molecular weight excluding hydrogens is 388 g/mol. The summed E-state index contributed by atoms with van der Waals surface area (Å²) in [5, 5.41) is 2.83. The van der Waals surface area contributed by atoms with Gasteiger partial charge >= 0.3 is 0 Å². The van der Waals surface area contributed by atoms with Crippen LogP contribution in [0.1, 0.15) is 70.1 Å². The maximum absolute atomic E-state index is 13.5. The van der Waals surface area contributed by atoms with Gasteiger partial charge in [-0.3, -0.25) is 19.0 Å². The number of nitrogens with zero attached hydrogens (tertiary/aromatic N) is 1. The SMILES string of the molecule is Cc1ccccc1NC(=O)c1cc2c(n(-c3ccc(C(C)C)cc3)c1=O)CCCC2=O. The van der Waals surface area contributed by atoms with Crippen molar-refractivity contribution in [1.82, 2.24) is 4.57 Å². The van der Waals surface area contributed by atoms with Crippen LogP contribution < -0.4 is 10.9 Å². The summed E-state index contributed by atoms with van der Waals surface area (Å²) in [6.07, 6.45) is 1.75. The van der Waals surface area contributed by atoms with Crippen LogP contribution in [0.5, 0.6) is 0 Å².